The number of carbonyl (C=O) groups is 1. The zero-order valence-corrected chi connectivity index (χ0v) is 19.2. The van der Waals surface area contributed by atoms with Crippen LogP contribution in [0.1, 0.15) is 105 Å². The second kappa shape index (κ2) is 7.59. The van der Waals surface area contributed by atoms with Crippen molar-refractivity contribution in [2.75, 3.05) is 0 Å². The van der Waals surface area contributed by atoms with Gasteiger partial charge in [0, 0.05) is 5.92 Å². The first-order chi connectivity index (χ1) is 13.3. The molecule has 0 spiro atoms. The second-order valence-electron chi connectivity index (χ2n) is 12.0. The van der Waals surface area contributed by atoms with Crippen molar-refractivity contribution >= 4 is 5.78 Å². The molecular weight excluding hydrogens is 340 g/mol. The van der Waals surface area contributed by atoms with Crippen LogP contribution < -0.4 is 0 Å². The van der Waals surface area contributed by atoms with E-state index in [9.17, 15) is 4.79 Å². The van der Waals surface area contributed by atoms with E-state index in [0.717, 1.165) is 17.8 Å². The topological polar surface area (TPSA) is 17.1 Å². The van der Waals surface area contributed by atoms with E-state index < -0.39 is 0 Å². The molecule has 0 saturated heterocycles. The van der Waals surface area contributed by atoms with E-state index in [-0.39, 0.29) is 11.3 Å². The highest BCUT2D eigenvalue weighted by molar-refractivity contribution is 5.97. The van der Waals surface area contributed by atoms with Crippen molar-refractivity contribution < 1.29 is 4.79 Å². The Bertz CT molecular complexity index is 630. The minimum atomic E-state index is 0.160. The summed E-state index contributed by atoms with van der Waals surface area (Å²) in [6, 6.07) is 0. The normalized spacial score (nSPS) is 43.9. The molecule has 0 heterocycles. The molecule has 3 fully saturated rings. The predicted molar refractivity (Wildman–Crippen MR) is 118 cm³/mol. The minimum absolute atomic E-state index is 0.160. The van der Waals surface area contributed by atoms with Crippen molar-refractivity contribution in [3.8, 4) is 0 Å². The van der Waals surface area contributed by atoms with Gasteiger partial charge in [-0.15, -0.1) is 0 Å². The summed E-state index contributed by atoms with van der Waals surface area (Å²) in [6.45, 7) is 12.1. The Labute approximate surface area is 174 Å². The van der Waals surface area contributed by atoms with E-state index in [1.54, 1.807) is 5.57 Å². The lowest BCUT2D eigenvalue weighted by Gasteiger charge is -2.59. The van der Waals surface area contributed by atoms with Crippen LogP contribution in [0.4, 0.5) is 0 Å². The summed E-state index contributed by atoms with van der Waals surface area (Å²) in [4.78, 5) is 13.2. The Morgan fingerprint density at radius 2 is 1.79 bits per heavy atom. The number of rotatable bonds is 5. The van der Waals surface area contributed by atoms with Gasteiger partial charge in [0.15, 0.2) is 5.78 Å². The molecule has 0 aromatic heterocycles. The van der Waals surface area contributed by atoms with Crippen molar-refractivity contribution in [3.05, 3.63) is 11.6 Å². The van der Waals surface area contributed by atoms with Crippen molar-refractivity contribution in [1.29, 1.82) is 0 Å². The first-order valence-electron chi connectivity index (χ1n) is 12.5. The summed E-state index contributed by atoms with van der Waals surface area (Å²) in [5.74, 6) is 4.54. The van der Waals surface area contributed by atoms with E-state index in [4.69, 9.17) is 0 Å². The van der Waals surface area contributed by atoms with Crippen LogP contribution in [-0.2, 0) is 4.79 Å². The van der Waals surface area contributed by atoms with Gasteiger partial charge in [0.25, 0.3) is 0 Å². The van der Waals surface area contributed by atoms with Gasteiger partial charge in [-0.3, -0.25) is 4.79 Å². The zero-order chi connectivity index (χ0) is 20.1. The molecule has 1 nitrogen and oxygen atoms in total. The van der Waals surface area contributed by atoms with Crippen LogP contribution in [0.3, 0.4) is 0 Å². The fourth-order valence-electron chi connectivity index (χ4n) is 8.45. The molecule has 0 N–H and O–H groups in total. The molecule has 3 saturated carbocycles. The highest BCUT2D eigenvalue weighted by Crippen LogP contribution is 2.66. The largest absolute Gasteiger partial charge is 0.295 e. The number of ketones is 1. The quantitative estimate of drug-likeness (QED) is 0.477. The third kappa shape index (κ3) is 3.24. The van der Waals surface area contributed by atoms with E-state index in [1.165, 1.54) is 70.6 Å². The van der Waals surface area contributed by atoms with Crippen LogP contribution >= 0.6 is 0 Å². The molecule has 7 atom stereocenters. The SMILES string of the molecule is CC(C)CCCC(C)C1C(=O)C=C2C3CCC4CCCCC4(C)C3CCC21C. The van der Waals surface area contributed by atoms with E-state index in [0.29, 0.717) is 23.0 Å². The third-order valence-corrected chi connectivity index (χ3v) is 9.94. The summed E-state index contributed by atoms with van der Waals surface area (Å²) in [5, 5.41) is 0. The van der Waals surface area contributed by atoms with Crippen molar-refractivity contribution in [2.45, 2.75) is 105 Å². The van der Waals surface area contributed by atoms with Gasteiger partial charge in [0.1, 0.15) is 0 Å². The van der Waals surface area contributed by atoms with Crippen molar-refractivity contribution in [2.24, 2.45) is 46.3 Å². The fraction of sp³-hybridized carbons (Fsp3) is 0.889. The number of fused-ring (bicyclic) bond motifs is 5. The fourth-order valence-corrected chi connectivity index (χ4v) is 8.45. The molecule has 0 aliphatic heterocycles. The van der Waals surface area contributed by atoms with Gasteiger partial charge in [-0.1, -0.05) is 65.9 Å². The summed E-state index contributed by atoms with van der Waals surface area (Å²) < 4.78 is 0. The van der Waals surface area contributed by atoms with Gasteiger partial charge >= 0.3 is 0 Å². The third-order valence-electron chi connectivity index (χ3n) is 9.94. The van der Waals surface area contributed by atoms with Crippen LogP contribution in [0.2, 0.25) is 0 Å². The average Bonchev–Trinajstić information content (AvgIpc) is 2.91. The average molecular weight is 385 g/mol. The molecule has 0 bridgehead atoms. The highest BCUT2D eigenvalue weighted by atomic mass is 16.1. The Morgan fingerprint density at radius 1 is 1.00 bits per heavy atom. The first kappa shape index (κ1) is 20.7. The highest BCUT2D eigenvalue weighted by Gasteiger charge is 2.59. The lowest BCUT2D eigenvalue weighted by Crippen LogP contribution is -2.51. The Morgan fingerprint density at radius 3 is 2.54 bits per heavy atom. The molecule has 0 aromatic rings. The van der Waals surface area contributed by atoms with Gasteiger partial charge in [-0.05, 0) is 91.4 Å². The molecule has 0 amide bonds. The van der Waals surface area contributed by atoms with Gasteiger partial charge in [0.2, 0.25) is 0 Å². The molecule has 28 heavy (non-hydrogen) atoms. The number of carbonyl (C=O) groups excluding carboxylic acids is 1. The second-order valence-corrected chi connectivity index (χ2v) is 12.0. The van der Waals surface area contributed by atoms with Crippen LogP contribution in [-0.4, -0.2) is 5.78 Å². The van der Waals surface area contributed by atoms with Crippen LogP contribution in [0, 0.1) is 46.3 Å². The van der Waals surface area contributed by atoms with Crippen molar-refractivity contribution in [3.63, 3.8) is 0 Å². The van der Waals surface area contributed by atoms with Crippen LogP contribution in [0.25, 0.3) is 0 Å². The summed E-state index contributed by atoms with van der Waals surface area (Å²) in [6.07, 6.45) is 17.1. The van der Waals surface area contributed by atoms with Gasteiger partial charge in [-0.2, -0.15) is 0 Å². The van der Waals surface area contributed by atoms with E-state index >= 15 is 0 Å². The van der Waals surface area contributed by atoms with E-state index in [1.807, 2.05) is 0 Å². The number of hydrogen-bond acceptors (Lipinski definition) is 1. The number of allylic oxidation sites excluding steroid dienone is 2. The van der Waals surface area contributed by atoms with E-state index in [2.05, 4.69) is 40.7 Å². The maximum absolute atomic E-state index is 13.2. The summed E-state index contributed by atoms with van der Waals surface area (Å²) >= 11 is 0. The maximum Gasteiger partial charge on any atom is 0.159 e. The molecular formula is C27H44O. The first-order valence-corrected chi connectivity index (χ1v) is 12.5. The molecule has 0 radical (unpaired) electrons. The zero-order valence-electron chi connectivity index (χ0n) is 19.2. The summed E-state index contributed by atoms with van der Waals surface area (Å²) in [5.41, 5.74) is 2.31. The Hall–Kier alpha value is -0.590. The molecule has 4 aliphatic carbocycles. The molecule has 0 aromatic carbocycles. The molecule has 4 rings (SSSR count). The lowest BCUT2D eigenvalue weighted by molar-refractivity contribution is -0.123. The van der Waals surface area contributed by atoms with Crippen molar-refractivity contribution in [1.82, 2.24) is 0 Å². The lowest BCUT2D eigenvalue weighted by atomic mass is 9.45. The van der Waals surface area contributed by atoms with Gasteiger partial charge in [0.05, 0.1) is 0 Å². The standard InChI is InChI=1S/C27H44O/c1-18(2)9-8-10-19(3)25-24(28)17-23-21-13-12-20-11-6-7-15-26(20,4)22(21)14-16-27(23,25)5/h17-22,25H,6-16H2,1-5H3. The smallest absolute Gasteiger partial charge is 0.159 e. The molecule has 158 valence electrons. The Kier molecular flexibility index (Phi) is 5.60. The van der Waals surface area contributed by atoms with Gasteiger partial charge in [-0.25, -0.2) is 0 Å². The van der Waals surface area contributed by atoms with Crippen LogP contribution in [0.15, 0.2) is 11.6 Å². The van der Waals surface area contributed by atoms with Crippen LogP contribution in [0.5, 0.6) is 0 Å². The summed E-state index contributed by atoms with van der Waals surface area (Å²) in [7, 11) is 0. The monoisotopic (exact) mass is 384 g/mol. The molecule has 7 unspecified atom stereocenters. The molecule has 1 heteroatoms. The number of hydrogen-bond donors (Lipinski definition) is 0. The minimum Gasteiger partial charge on any atom is -0.295 e. The molecule has 4 aliphatic rings. The maximum atomic E-state index is 13.2. The Balaban J connectivity index is 1.53. The van der Waals surface area contributed by atoms with Gasteiger partial charge < -0.3 is 0 Å². The predicted octanol–water partition coefficient (Wildman–Crippen LogP) is 7.60.